The molecule has 150 valence electrons. The molecule has 3 heterocycles. The Hall–Kier alpha value is -2.13. The summed E-state index contributed by atoms with van der Waals surface area (Å²) in [6.07, 6.45) is 1.48. The van der Waals surface area contributed by atoms with Gasteiger partial charge in [-0.2, -0.15) is 5.10 Å². The molecule has 9 nitrogen and oxygen atoms in total. The fourth-order valence-corrected chi connectivity index (χ4v) is 3.48. The molecule has 0 bridgehead atoms. The summed E-state index contributed by atoms with van der Waals surface area (Å²) in [6.45, 7) is 7.14. The van der Waals surface area contributed by atoms with Crippen LogP contribution in [0.4, 0.5) is 4.79 Å². The first-order valence-electron chi connectivity index (χ1n) is 9.64. The second-order valence-electron chi connectivity index (χ2n) is 6.76. The number of rotatable bonds is 6. The molecule has 3 rings (SSSR count). The maximum absolute atomic E-state index is 12.9. The van der Waals surface area contributed by atoms with Gasteiger partial charge in [-0.15, -0.1) is 0 Å². The van der Waals surface area contributed by atoms with Crippen LogP contribution in [0.15, 0.2) is 0 Å². The summed E-state index contributed by atoms with van der Waals surface area (Å²) in [5.74, 6) is -0.0749. The first kappa shape index (κ1) is 19.6. The van der Waals surface area contributed by atoms with Crippen LogP contribution in [0.3, 0.4) is 0 Å². The number of nitrogens with one attached hydrogen (secondary N) is 1. The lowest BCUT2D eigenvalue weighted by Crippen LogP contribution is -2.44. The number of fused-ring (bicyclic) bond motifs is 1. The third kappa shape index (κ3) is 4.59. The molecule has 1 aromatic heterocycles. The minimum Gasteiger partial charge on any atom is -0.382 e. The maximum Gasteiger partial charge on any atom is 0.317 e. The molecule has 0 radical (unpaired) electrons. The fraction of sp³-hybridized carbons (Fsp3) is 0.722. The van der Waals surface area contributed by atoms with Gasteiger partial charge in [0, 0.05) is 64.1 Å². The maximum atomic E-state index is 12.9. The Bertz CT molecular complexity index is 669. The molecule has 2 aliphatic rings. The molecule has 0 aliphatic carbocycles. The summed E-state index contributed by atoms with van der Waals surface area (Å²) in [5.41, 5.74) is 2.36. The summed E-state index contributed by atoms with van der Waals surface area (Å²) >= 11 is 0. The number of hydrogen-bond acceptors (Lipinski definition) is 5. The van der Waals surface area contributed by atoms with Crippen molar-refractivity contribution in [1.29, 1.82) is 0 Å². The van der Waals surface area contributed by atoms with Crippen LogP contribution in [-0.2, 0) is 29.5 Å². The van der Waals surface area contributed by atoms with Crippen molar-refractivity contribution in [1.82, 2.24) is 24.9 Å². The number of amides is 3. The van der Waals surface area contributed by atoms with Crippen LogP contribution in [0.1, 0.15) is 35.1 Å². The van der Waals surface area contributed by atoms with E-state index in [0.717, 1.165) is 17.7 Å². The van der Waals surface area contributed by atoms with Crippen molar-refractivity contribution in [2.24, 2.45) is 7.05 Å². The van der Waals surface area contributed by atoms with Crippen LogP contribution < -0.4 is 5.32 Å². The Morgan fingerprint density at radius 3 is 2.74 bits per heavy atom. The van der Waals surface area contributed by atoms with Crippen LogP contribution in [0.2, 0.25) is 0 Å². The molecule has 27 heavy (non-hydrogen) atoms. The van der Waals surface area contributed by atoms with Crippen LogP contribution in [0.5, 0.6) is 0 Å². The van der Waals surface area contributed by atoms with Crippen LogP contribution >= 0.6 is 0 Å². The first-order chi connectivity index (χ1) is 13.1. The van der Waals surface area contributed by atoms with Gasteiger partial charge in [-0.1, -0.05) is 0 Å². The van der Waals surface area contributed by atoms with Gasteiger partial charge < -0.3 is 24.6 Å². The molecule has 1 fully saturated rings. The van der Waals surface area contributed by atoms with Crippen molar-refractivity contribution in [2.75, 3.05) is 52.6 Å². The predicted molar refractivity (Wildman–Crippen MR) is 98.6 cm³/mol. The van der Waals surface area contributed by atoms with Crippen LogP contribution in [-0.4, -0.2) is 84.1 Å². The Kier molecular flexibility index (Phi) is 6.68. The third-order valence-corrected chi connectivity index (χ3v) is 4.98. The molecule has 0 atom stereocenters. The zero-order valence-electron chi connectivity index (χ0n) is 16.2. The summed E-state index contributed by atoms with van der Waals surface area (Å²) in [4.78, 5) is 28.9. The first-order valence-corrected chi connectivity index (χ1v) is 9.64. The quantitative estimate of drug-likeness (QED) is 0.722. The zero-order chi connectivity index (χ0) is 19.2. The number of morpholine rings is 1. The van der Waals surface area contributed by atoms with Crippen molar-refractivity contribution < 1.29 is 19.1 Å². The zero-order valence-corrected chi connectivity index (χ0v) is 16.2. The summed E-state index contributed by atoms with van der Waals surface area (Å²) in [7, 11) is 1.86. The molecule has 3 amide bonds. The van der Waals surface area contributed by atoms with E-state index in [-0.39, 0.29) is 11.9 Å². The van der Waals surface area contributed by atoms with Gasteiger partial charge in [-0.25, -0.2) is 4.79 Å². The van der Waals surface area contributed by atoms with Crippen molar-refractivity contribution in [3.05, 3.63) is 17.0 Å². The Balaban J connectivity index is 1.63. The highest BCUT2D eigenvalue weighted by Crippen LogP contribution is 2.23. The lowest BCUT2D eigenvalue weighted by molar-refractivity contribution is 0.0297. The molecule has 0 spiro atoms. The second kappa shape index (κ2) is 9.18. The third-order valence-electron chi connectivity index (χ3n) is 4.98. The molecule has 2 aliphatic heterocycles. The fourth-order valence-electron chi connectivity index (χ4n) is 3.48. The van der Waals surface area contributed by atoms with Gasteiger partial charge in [0.15, 0.2) is 5.69 Å². The highest BCUT2D eigenvalue weighted by molar-refractivity contribution is 5.94. The molecule has 1 aromatic rings. The Morgan fingerprint density at radius 2 is 2.00 bits per heavy atom. The van der Waals surface area contributed by atoms with Gasteiger partial charge in [0.25, 0.3) is 5.91 Å². The van der Waals surface area contributed by atoms with Crippen molar-refractivity contribution in [3.8, 4) is 0 Å². The number of aromatic nitrogens is 2. The lowest BCUT2D eigenvalue weighted by atomic mass is 10.0. The normalized spacial score (nSPS) is 17.0. The highest BCUT2D eigenvalue weighted by atomic mass is 16.5. The van der Waals surface area contributed by atoms with Gasteiger partial charge in [0.1, 0.15) is 0 Å². The Morgan fingerprint density at radius 1 is 1.22 bits per heavy atom. The van der Waals surface area contributed by atoms with Crippen LogP contribution in [0.25, 0.3) is 0 Å². The molecular formula is C18H29N5O4. The summed E-state index contributed by atoms with van der Waals surface area (Å²) < 4.78 is 12.4. The van der Waals surface area contributed by atoms with E-state index in [1.807, 2.05) is 14.0 Å². The van der Waals surface area contributed by atoms with E-state index in [9.17, 15) is 9.59 Å². The number of carbonyl (C=O) groups excluding carboxylic acids is 2. The number of urea groups is 1. The smallest absolute Gasteiger partial charge is 0.317 e. The number of carbonyl (C=O) groups is 2. The predicted octanol–water partition coefficient (Wildman–Crippen LogP) is 0.387. The van der Waals surface area contributed by atoms with Gasteiger partial charge in [0.05, 0.1) is 19.8 Å². The van der Waals surface area contributed by atoms with Gasteiger partial charge in [-0.3, -0.25) is 9.48 Å². The van der Waals surface area contributed by atoms with E-state index in [1.165, 1.54) is 0 Å². The van der Waals surface area contributed by atoms with Crippen molar-refractivity contribution in [2.45, 2.75) is 26.3 Å². The lowest BCUT2D eigenvalue weighted by Gasteiger charge is -2.29. The average molecular weight is 379 g/mol. The molecular weight excluding hydrogens is 350 g/mol. The topological polar surface area (TPSA) is 88.9 Å². The molecule has 0 unspecified atom stereocenters. The monoisotopic (exact) mass is 379 g/mol. The number of nitrogens with zero attached hydrogens (tertiary/aromatic N) is 4. The van der Waals surface area contributed by atoms with Gasteiger partial charge in [-0.05, 0) is 13.3 Å². The minimum atomic E-state index is -0.106. The Labute approximate surface area is 159 Å². The summed E-state index contributed by atoms with van der Waals surface area (Å²) in [5, 5.41) is 7.40. The van der Waals surface area contributed by atoms with E-state index in [2.05, 4.69) is 10.4 Å². The summed E-state index contributed by atoms with van der Waals surface area (Å²) in [6, 6.07) is -0.106. The van der Waals surface area contributed by atoms with E-state index in [0.29, 0.717) is 71.3 Å². The van der Waals surface area contributed by atoms with Gasteiger partial charge in [0.2, 0.25) is 0 Å². The van der Waals surface area contributed by atoms with Crippen LogP contribution in [0, 0.1) is 0 Å². The van der Waals surface area contributed by atoms with Crippen molar-refractivity contribution in [3.63, 3.8) is 0 Å². The second-order valence-corrected chi connectivity index (χ2v) is 6.76. The molecule has 9 heteroatoms. The van der Waals surface area contributed by atoms with Gasteiger partial charge >= 0.3 is 6.03 Å². The van der Waals surface area contributed by atoms with Crippen molar-refractivity contribution >= 4 is 11.9 Å². The highest BCUT2D eigenvalue weighted by Gasteiger charge is 2.31. The largest absolute Gasteiger partial charge is 0.382 e. The number of aryl methyl sites for hydroxylation is 1. The van der Waals surface area contributed by atoms with E-state index in [1.54, 1.807) is 14.5 Å². The minimum absolute atomic E-state index is 0.0749. The average Bonchev–Trinajstić information content (AvgIpc) is 3.04. The SMILES string of the molecule is CCOCCCNC(=O)N1CCc2c(c(C(=O)N3CCOCC3)nn2C)C1. The standard InChI is InChI=1S/C18H29N5O4/c1-3-26-10-4-6-19-18(25)23-7-5-15-14(13-23)16(20-21(15)2)17(24)22-8-11-27-12-9-22/h3-13H2,1-2H3,(H,19,25). The van der Waals surface area contributed by atoms with E-state index >= 15 is 0 Å². The molecule has 1 N–H and O–H groups in total. The van der Waals surface area contributed by atoms with E-state index in [4.69, 9.17) is 9.47 Å². The number of hydrogen-bond donors (Lipinski definition) is 1. The molecule has 0 aromatic carbocycles. The number of ether oxygens (including phenoxy) is 2. The molecule has 1 saturated heterocycles. The molecule has 0 saturated carbocycles. The van der Waals surface area contributed by atoms with E-state index < -0.39 is 0 Å².